The average molecular weight is 223 g/mol. The van der Waals surface area contributed by atoms with Crippen molar-refractivity contribution >= 4 is 5.91 Å². The van der Waals surface area contributed by atoms with Crippen LogP contribution in [0.3, 0.4) is 0 Å². The SMILES string of the molecule is Cc1cc(CNC(=O)C2CCNC2C)no1. The molecule has 5 nitrogen and oxygen atoms in total. The van der Waals surface area contributed by atoms with Gasteiger partial charge in [0.05, 0.1) is 12.5 Å². The zero-order valence-electron chi connectivity index (χ0n) is 9.62. The van der Waals surface area contributed by atoms with Crippen molar-refractivity contribution in [3.63, 3.8) is 0 Å². The molecule has 88 valence electrons. The molecular weight excluding hydrogens is 206 g/mol. The fourth-order valence-corrected chi connectivity index (χ4v) is 2.03. The van der Waals surface area contributed by atoms with E-state index in [2.05, 4.69) is 15.8 Å². The highest BCUT2D eigenvalue weighted by Crippen LogP contribution is 2.15. The zero-order chi connectivity index (χ0) is 11.5. The third kappa shape index (κ3) is 2.41. The van der Waals surface area contributed by atoms with E-state index >= 15 is 0 Å². The highest BCUT2D eigenvalue weighted by Gasteiger charge is 2.29. The second-order valence-corrected chi connectivity index (χ2v) is 4.28. The van der Waals surface area contributed by atoms with Gasteiger partial charge in [-0.3, -0.25) is 4.79 Å². The van der Waals surface area contributed by atoms with Gasteiger partial charge < -0.3 is 15.2 Å². The standard InChI is InChI=1S/C11H17N3O2/c1-7-5-9(14-16-7)6-13-11(15)10-3-4-12-8(10)2/h5,8,10,12H,3-4,6H2,1-2H3,(H,13,15). The molecule has 5 heteroatoms. The summed E-state index contributed by atoms with van der Waals surface area (Å²) in [5.74, 6) is 0.936. The smallest absolute Gasteiger partial charge is 0.225 e. The van der Waals surface area contributed by atoms with Gasteiger partial charge in [0.1, 0.15) is 11.5 Å². The summed E-state index contributed by atoms with van der Waals surface area (Å²) in [5.41, 5.74) is 0.768. The molecule has 0 saturated carbocycles. The fourth-order valence-electron chi connectivity index (χ4n) is 2.03. The Bertz CT molecular complexity index is 375. The Morgan fingerprint density at radius 3 is 3.12 bits per heavy atom. The Balaban J connectivity index is 1.83. The Hall–Kier alpha value is -1.36. The summed E-state index contributed by atoms with van der Waals surface area (Å²) < 4.78 is 4.93. The fraction of sp³-hybridized carbons (Fsp3) is 0.636. The molecule has 1 aromatic rings. The van der Waals surface area contributed by atoms with Crippen LogP contribution in [-0.2, 0) is 11.3 Å². The van der Waals surface area contributed by atoms with Crippen molar-refractivity contribution < 1.29 is 9.32 Å². The Labute approximate surface area is 94.6 Å². The van der Waals surface area contributed by atoms with Crippen LogP contribution < -0.4 is 10.6 Å². The number of hydrogen-bond acceptors (Lipinski definition) is 4. The van der Waals surface area contributed by atoms with Crippen LogP contribution in [0.1, 0.15) is 24.8 Å². The summed E-state index contributed by atoms with van der Waals surface area (Å²) in [5, 5.41) is 9.97. The number of aryl methyl sites for hydroxylation is 1. The van der Waals surface area contributed by atoms with Gasteiger partial charge >= 0.3 is 0 Å². The van der Waals surface area contributed by atoms with E-state index in [1.165, 1.54) is 0 Å². The predicted octanol–water partition coefficient (Wildman–Crippen LogP) is 0.597. The minimum absolute atomic E-state index is 0.0768. The number of carbonyl (C=O) groups is 1. The summed E-state index contributed by atoms with van der Waals surface area (Å²) in [6.45, 7) is 5.24. The Morgan fingerprint density at radius 2 is 2.56 bits per heavy atom. The summed E-state index contributed by atoms with van der Waals surface area (Å²) in [6, 6.07) is 2.09. The molecule has 0 radical (unpaired) electrons. The van der Waals surface area contributed by atoms with Gasteiger partial charge in [-0.2, -0.15) is 0 Å². The maximum absolute atomic E-state index is 11.8. The van der Waals surface area contributed by atoms with E-state index in [1.54, 1.807) is 0 Å². The molecule has 0 aromatic carbocycles. The predicted molar refractivity (Wildman–Crippen MR) is 58.7 cm³/mol. The van der Waals surface area contributed by atoms with Crippen LogP contribution in [0.2, 0.25) is 0 Å². The lowest BCUT2D eigenvalue weighted by atomic mass is 10.0. The van der Waals surface area contributed by atoms with E-state index in [9.17, 15) is 4.79 Å². The normalized spacial score (nSPS) is 24.6. The average Bonchev–Trinajstić information content (AvgIpc) is 2.84. The molecule has 2 heterocycles. The van der Waals surface area contributed by atoms with Crippen LogP contribution in [0.15, 0.2) is 10.6 Å². The van der Waals surface area contributed by atoms with Gasteiger partial charge in [-0.1, -0.05) is 5.16 Å². The van der Waals surface area contributed by atoms with Crippen molar-refractivity contribution in [1.82, 2.24) is 15.8 Å². The molecule has 2 atom stereocenters. The lowest BCUT2D eigenvalue weighted by Gasteiger charge is -2.13. The monoisotopic (exact) mass is 223 g/mol. The highest BCUT2D eigenvalue weighted by atomic mass is 16.5. The van der Waals surface area contributed by atoms with E-state index in [1.807, 2.05) is 19.9 Å². The first-order valence-electron chi connectivity index (χ1n) is 5.60. The molecule has 0 aliphatic carbocycles. The van der Waals surface area contributed by atoms with E-state index < -0.39 is 0 Å². The topological polar surface area (TPSA) is 67.2 Å². The largest absolute Gasteiger partial charge is 0.361 e. The first-order chi connectivity index (χ1) is 7.66. The molecule has 1 aromatic heterocycles. The van der Waals surface area contributed by atoms with Crippen LogP contribution in [0, 0.1) is 12.8 Å². The molecule has 2 unspecified atom stereocenters. The van der Waals surface area contributed by atoms with Gasteiger partial charge in [-0.15, -0.1) is 0 Å². The molecule has 1 aliphatic heterocycles. The van der Waals surface area contributed by atoms with E-state index in [-0.39, 0.29) is 17.9 Å². The number of aromatic nitrogens is 1. The van der Waals surface area contributed by atoms with Gasteiger partial charge in [-0.25, -0.2) is 0 Å². The Kier molecular flexibility index (Phi) is 3.24. The van der Waals surface area contributed by atoms with Gasteiger partial charge in [0.15, 0.2) is 0 Å². The second-order valence-electron chi connectivity index (χ2n) is 4.28. The van der Waals surface area contributed by atoms with Crippen LogP contribution >= 0.6 is 0 Å². The summed E-state index contributed by atoms with van der Waals surface area (Å²) in [6.07, 6.45) is 0.908. The lowest BCUT2D eigenvalue weighted by molar-refractivity contribution is -0.125. The van der Waals surface area contributed by atoms with Crippen molar-refractivity contribution in [2.75, 3.05) is 6.54 Å². The quantitative estimate of drug-likeness (QED) is 0.787. The number of nitrogens with zero attached hydrogens (tertiary/aromatic N) is 1. The van der Waals surface area contributed by atoms with Crippen molar-refractivity contribution in [3.8, 4) is 0 Å². The van der Waals surface area contributed by atoms with E-state index in [0.717, 1.165) is 24.4 Å². The van der Waals surface area contributed by atoms with Gasteiger partial charge in [0.25, 0.3) is 0 Å². The van der Waals surface area contributed by atoms with Crippen LogP contribution in [-0.4, -0.2) is 23.7 Å². The third-order valence-corrected chi connectivity index (χ3v) is 2.98. The minimum atomic E-state index is 0.0768. The van der Waals surface area contributed by atoms with Crippen LogP contribution in [0.4, 0.5) is 0 Å². The molecule has 16 heavy (non-hydrogen) atoms. The Morgan fingerprint density at radius 1 is 1.75 bits per heavy atom. The summed E-state index contributed by atoms with van der Waals surface area (Å²) in [4.78, 5) is 11.8. The number of hydrogen-bond donors (Lipinski definition) is 2. The maximum Gasteiger partial charge on any atom is 0.225 e. The van der Waals surface area contributed by atoms with Gasteiger partial charge in [0, 0.05) is 12.1 Å². The molecule has 2 N–H and O–H groups in total. The molecule has 1 saturated heterocycles. The lowest BCUT2D eigenvalue weighted by Crippen LogP contribution is -2.36. The van der Waals surface area contributed by atoms with Crippen molar-refractivity contribution in [1.29, 1.82) is 0 Å². The number of amides is 1. The number of carbonyl (C=O) groups excluding carboxylic acids is 1. The van der Waals surface area contributed by atoms with Crippen molar-refractivity contribution in [2.45, 2.75) is 32.9 Å². The zero-order valence-corrected chi connectivity index (χ0v) is 9.62. The maximum atomic E-state index is 11.8. The molecule has 1 aliphatic rings. The first kappa shape index (κ1) is 11.1. The van der Waals surface area contributed by atoms with Crippen molar-refractivity contribution in [2.24, 2.45) is 5.92 Å². The van der Waals surface area contributed by atoms with Crippen molar-refractivity contribution in [3.05, 3.63) is 17.5 Å². The van der Waals surface area contributed by atoms with E-state index in [0.29, 0.717) is 6.54 Å². The van der Waals surface area contributed by atoms with Gasteiger partial charge in [-0.05, 0) is 26.8 Å². The first-order valence-corrected chi connectivity index (χ1v) is 5.60. The van der Waals surface area contributed by atoms with E-state index in [4.69, 9.17) is 4.52 Å². The molecular formula is C11H17N3O2. The molecule has 1 fully saturated rings. The molecule has 0 bridgehead atoms. The number of rotatable bonds is 3. The summed E-state index contributed by atoms with van der Waals surface area (Å²) >= 11 is 0. The number of nitrogens with one attached hydrogen (secondary N) is 2. The highest BCUT2D eigenvalue weighted by molar-refractivity contribution is 5.79. The minimum Gasteiger partial charge on any atom is -0.361 e. The molecule has 0 spiro atoms. The summed E-state index contributed by atoms with van der Waals surface area (Å²) in [7, 11) is 0. The molecule has 2 rings (SSSR count). The molecule has 1 amide bonds. The van der Waals surface area contributed by atoms with Crippen LogP contribution in [0.25, 0.3) is 0 Å². The van der Waals surface area contributed by atoms with Crippen LogP contribution in [0.5, 0.6) is 0 Å². The second kappa shape index (κ2) is 4.65. The third-order valence-electron chi connectivity index (χ3n) is 2.98. The van der Waals surface area contributed by atoms with Gasteiger partial charge in [0.2, 0.25) is 5.91 Å².